The Morgan fingerprint density at radius 2 is 1.79 bits per heavy atom. The van der Waals surface area contributed by atoms with Gasteiger partial charge in [0.25, 0.3) is 0 Å². The molecule has 1 N–H and O–H groups in total. The lowest BCUT2D eigenvalue weighted by molar-refractivity contribution is -0.129. The fraction of sp³-hybridized carbons (Fsp3) is 0.316. The summed E-state index contributed by atoms with van der Waals surface area (Å²) in [6.45, 7) is 3.23. The van der Waals surface area contributed by atoms with Gasteiger partial charge in [-0.3, -0.25) is 4.79 Å². The first-order valence-electron chi connectivity index (χ1n) is 8.16. The predicted molar refractivity (Wildman–Crippen MR) is 96.9 cm³/mol. The fourth-order valence-electron chi connectivity index (χ4n) is 2.86. The van der Waals surface area contributed by atoms with Crippen LogP contribution < -0.4 is 10.1 Å². The molecule has 1 fully saturated rings. The van der Waals surface area contributed by atoms with Crippen LogP contribution in [0, 0.1) is 0 Å². The molecule has 0 aromatic heterocycles. The van der Waals surface area contributed by atoms with E-state index in [1.165, 1.54) is 0 Å². The van der Waals surface area contributed by atoms with Gasteiger partial charge in [0.2, 0.25) is 5.91 Å². The number of nitrogens with zero attached hydrogens (tertiary/aromatic N) is 1. The van der Waals surface area contributed by atoms with E-state index in [2.05, 4.69) is 5.32 Å². The summed E-state index contributed by atoms with van der Waals surface area (Å²) in [4.78, 5) is 13.3. The molecule has 1 amide bonds. The highest BCUT2D eigenvalue weighted by Crippen LogP contribution is 2.31. The molecule has 0 saturated carbocycles. The van der Waals surface area contributed by atoms with E-state index in [-0.39, 0.29) is 5.91 Å². The number of carbonyl (C=O) groups is 1. The molecule has 0 unspecified atom stereocenters. The quantitative estimate of drug-likeness (QED) is 0.884. The second kappa shape index (κ2) is 7.58. The second-order valence-electron chi connectivity index (χ2n) is 5.98. The molecule has 0 bridgehead atoms. The molecule has 1 aliphatic heterocycles. The Labute approximate surface area is 147 Å². The van der Waals surface area contributed by atoms with Crippen molar-refractivity contribution in [2.45, 2.75) is 25.8 Å². The summed E-state index contributed by atoms with van der Waals surface area (Å²) in [5.74, 6) is 1.69. The first kappa shape index (κ1) is 16.7. The third-order valence-electron chi connectivity index (χ3n) is 4.23. The lowest BCUT2D eigenvalue weighted by atomic mass is 10.0. The van der Waals surface area contributed by atoms with Crippen molar-refractivity contribution in [3.8, 4) is 11.5 Å². The van der Waals surface area contributed by atoms with Crippen molar-refractivity contribution >= 4 is 23.2 Å². The van der Waals surface area contributed by atoms with Gasteiger partial charge in [-0.2, -0.15) is 0 Å². The topological polar surface area (TPSA) is 41.6 Å². The van der Waals surface area contributed by atoms with E-state index in [4.69, 9.17) is 16.3 Å². The minimum absolute atomic E-state index is 0.153. The Hall–Kier alpha value is -2.20. The van der Waals surface area contributed by atoms with E-state index in [1.54, 1.807) is 6.92 Å². The number of halogens is 1. The highest BCUT2D eigenvalue weighted by Gasteiger charge is 2.21. The van der Waals surface area contributed by atoms with Gasteiger partial charge < -0.3 is 15.0 Å². The number of rotatable bonds is 4. The smallest absolute Gasteiger partial charge is 0.219 e. The van der Waals surface area contributed by atoms with Gasteiger partial charge in [-0.15, -0.1) is 0 Å². The Bertz CT molecular complexity index is 695. The van der Waals surface area contributed by atoms with Gasteiger partial charge in [0.15, 0.2) is 5.75 Å². The van der Waals surface area contributed by atoms with Crippen molar-refractivity contribution in [1.29, 1.82) is 0 Å². The number of para-hydroxylation sites is 2. The second-order valence-corrected chi connectivity index (χ2v) is 6.41. The van der Waals surface area contributed by atoms with E-state index in [1.807, 2.05) is 53.4 Å². The molecular formula is C19H21ClN2O2. The summed E-state index contributed by atoms with van der Waals surface area (Å²) >= 11 is 5.91. The molecule has 1 heterocycles. The van der Waals surface area contributed by atoms with Gasteiger partial charge in [-0.1, -0.05) is 23.7 Å². The van der Waals surface area contributed by atoms with Gasteiger partial charge in [-0.05, 0) is 49.2 Å². The van der Waals surface area contributed by atoms with Crippen LogP contribution in [0.3, 0.4) is 0 Å². The Morgan fingerprint density at radius 3 is 2.46 bits per heavy atom. The zero-order chi connectivity index (χ0) is 16.9. The van der Waals surface area contributed by atoms with E-state index < -0.39 is 0 Å². The van der Waals surface area contributed by atoms with E-state index in [0.29, 0.717) is 11.1 Å². The SMILES string of the molecule is CC(=O)N1CCC(Nc2ccccc2Oc2ccc(Cl)cc2)CC1. The monoisotopic (exact) mass is 344 g/mol. The largest absolute Gasteiger partial charge is 0.455 e. The summed E-state index contributed by atoms with van der Waals surface area (Å²) in [5.41, 5.74) is 0.966. The normalized spacial score (nSPS) is 15.2. The van der Waals surface area contributed by atoms with Crippen LogP contribution in [0.4, 0.5) is 5.69 Å². The van der Waals surface area contributed by atoms with Crippen molar-refractivity contribution in [3.63, 3.8) is 0 Å². The molecule has 0 aliphatic carbocycles. The average molecular weight is 345 g/mol. The molecule has 126 valence electrons. The molecule has 0 radical (unpaired) electrons. The van der Waals surface area contributed by atoms with Crippen LogP contribution in [-0.2, 0) is 4.79 Å². The van der Waals surface area contributed by atoms with Crippen molar-refractivity contribution in [1.82, 2.24) is 4.90 Å². The number of likely N-dealkylation sites (tertiary alicyclic amines) is 1. The Morgan fingerprint density at radius 1 is 1.12 bits per heavy atom. The summed E-state index contributed by atoms with van der Waals surface area (Å²) in [6.07, 6.45) is 1.88. The van der Waals surface area contributed by atoms with Gasteiger partial charge in [0.05, 0.1) is 5.69 Å². The number of piperidine rings is 1. The van der Waals surface area contributed by atoms with Crippen LogP contribution in [-0.4, -0.2) is 29.9 Å². The molecule has 24 heavy (non-hydrogen) atoms. The van der Waals surface area contributed by atoms with Crippen molar-refractivity contribution < 1.29 is 9.53 Å². The summed E-state index contributed by atoms with van der Waals surface area (Å²) in [7, 11) is 0. The molecule has 1 aliphatic rings. The van der Waals surface area contributed by atoms with Crippen LogP contribution in [0.1, 0.15) is 19.8 Å². The molecule has 2 aromatic rings. The highest BCUT2D eigenvalue weighted by molar-refractivity contribution is 6.30. The standard InChI is InChI=1S/C19H21ClN2O2/c1-14(23)22-12-10-16(11-13-22)21-18-4-2-3-5-19(18)24-17-8-6-15(20)7-9-17/h2-9,16,21H,10-13H2,1H3. The number of hydrogen-bond acceptors (Lipinski definition) is 3. The van der Waals surface area contributed by atoms with Crippen molar-refractivity contribution in [3.05, 3.63) is 53.6 Å². The molecular weight excluding hydrogens is 324 g/mol. The van der Waals surface area contributed by atoms with Crippen LogP contribution >= 0.6 is 11.6 Å². The molecule has 5 heteroatoms. The molecule has 0 spiro atoms. The first-order chi connectivity index (χ1) is 11.6. The number of anilines is 1. The molecule has 1 saturated heterocycles. The highest BCUT2D eigenvalue weighted by atomic mass is 35.5. The number of hydrogen-bond donors (Lipinski definition) is 1. The average Bonchev–Trinajstić information content (AvgIpc) is 2.59. The molecule has 3 rings (SSSR count). The van der Waals surface area contributed by atoms with Crippen molar-refractivity contribution in [2.75, 3.05) is 18.4 Å². The summed E-state index contributed by atoms with van der Waals surface area (Å²) in [6, 6.07) is 15.6. The van der Waals surface area contributed by atoms with Gasteiger partial charge >= 0.3 is 0 Å². The number of amides is 1. The Balaban J connectivity index is 1.66. The third kappa shape index (κ3) is 4.20. The minimum atomic E-state index is 0.153. The minimum Gasteiger partial charge on any atom is -0.455 e. The number of ether oxygens (including phenoxy) is 1. The number of nitrogens with one attached hydrogen (secondary N) is 1. The first-order valence-corrected chi connectivity index (χ1v) is 8.54. The van der Waals surface area contributed by atoms with E-state index in [9.17, 15) is 4.79 Å². The number of carbonyl (C=O) groups excluding carboxylic acids is 1. The molecule has 4 nitrogen and oxygen atoms in total. The summed E-state index contributed by atoms with van der Waals surface area (Å²) in [5, 5.41) is 4.24. The maximum atomic E-state index is 11.4. The molecule has 2 aromatic carbocycles. The van der Waals surface area contributed by atoms with Gasteiger partial charge in [0.1, 0.15) is 5.75 Å². The fourth-order valence-corrected chi connectivity index (χ4v) is 2.99. The van der Waals surface area contributed by atoms with Crippen molar-refractivity contribution in [2.24, 2.45) is 0 Å². The lowest BCUT2D eigenvalue weighted by Gasteiger charge is -2.32. The third-order valence-corrected chi connectivity index (χ3v) is 4.48. The summed E-state index contributed by atoms with van der Waals surface area (Å²) < 4.78 is 5.98. The maximum absolute atomic E-state index is 11.4. The molecule has 0 atom stereocenters. The number of benzene rings is 2. The van der Waals surface area contributed by atoms with E-state index in [0.717, 1.165) is 43.1 Å². The van der Waals surface area contributed by atoms with Gasteiger partial charge in [-0.25, -0.2) is 0 Å². The zero-order valence-electron chi connectivity index (χ0n) is 13.7. The lowest BCUT2D eigenvalue weighted by Crippen LogP contribution is -2.41. The van der Waals surface area contributed by atoms with Crippen LogP contribution in [0.25, 0.3) is 0 Å². The Kier molecular flexibility index (Phi) is 5.26. The zero-order valence-corrected chi connectivity index (χ0v) is 14.4. The van der Waals surface area contributed by atoms with E-state index >= 15 is 0 Å². The van der Waals surface area contributed by atoms with Gasteiger partial charge in [0, 0.05) is 31.1 Å². The van der Waals surface area contributed by atoms with Crippen LogP contribution in [0.2, 0.25) is 5.02 Å². The van der Waals surface area contributed by atoms with Crippen LogP contribution in [0.5, 0.6) is 11.5 Å². The maximum Gasteiger partial charge on any atom is 0.219 e. The van der Waals surface area contributed by atoms with Crippen LogP contribution in [0.15, 0.2) is 48.5 Å². The predicted octanol–water partition coefficient (Wildman–Crippen LogP) is 4.56.